The number of hydrogen-bond donors (Lipinski definition) is 1. The van der Waals surface area contributed by atoms with E-state index >= 15 is 0 Å². The summed E-state index contributed by atoms with van der Waals surface area (Å²) in [6.07, 6.45) is 1.70. The lowest BCUT2D eigenvalue weighted by atomic mass is 10.1. The van der Waals surface area contributed by atoms with Crippen LogP contribution in [0.15, 0.2) is 11.6 Å². The van der Waals surface area contributed by atoms with E-state index in [-0.39, 0.29) is 10.7 Å². The van der Waals surface area contributed by atoms with Crippen LogP contribution < -0.4 is 10.2 Å². The molecule has 2 atom stereocenters. The summed E-state index contributed by atoms with van der Waals surface area (Å²) in [5, 5.41) is 16.5. The Balaban J connectivity index is 2.06. The molecule has 102 valence electrons. The van der Waals surface area contributed by atoms with Gasteiger partial charge in [0.1, 0.15) is 6.20 Å². The zero-order chi connectivity index (χ0) is 13.6. The average molecular weight is 281 g/mol. The third kappa shape index (κ3) is 2.06. The van der Waals surface area contributed by atoms with Gasteiger partial charge in [-0.25, -0.2) is 0 Å². The average Bonchev–Trinajstić information content (AvgIpc) is 2.85. The second-order valence-corrected chi connectivity index (χ2v) is 5.82. The number of thiazole rings is 1. The molecule has 0 aliphatic carbocycles. The highest BCUT2D eigenvalue weighted by Crippen LogP contribution is 2.31. The minimum Gasteiger partial charge on any atom is -0.358 e. The molecule has 8 heteroatoms. The van der Waals surface area contributed by atoms with E-state index in [2.05, 4.69) is 24.1 Å². The van der Waals surface area contributed by atoms with E-state index in [9.17, 15) is 10.1 Å². The van der Waals surface area contributed by atoms with Gasteiger partial charge in [-0.2, -0.15) is 9.38 Å². The Kier molecular flexibility index (Phi) is 2.90. The molecule has 3 heterocycles. The van der Waals surface area contributed by atoms with Crippen LogP contribution in [0.3, 0.4) is 0 Å². The molecule has 1 aliphatic heterocycles. The number of imidazole rings is 1. The molecular formula is C11H15N5O2S. The molecule has 2 aromatic rings. The van der Waals surface area contributed by atoms with Crippen LogP contribution in [0.1, 0.15) is 13.8 Å². The van der Waals surface area contributed by atoms with E-state index in [1.807, 2.05) is 10.3 Å². The summed E-state index contributed by atoms with van der Waals surface area (Å²) in [5.74, 6) is 0.551. The summed E-state index contributed by atoms with van der Waals surface area (Å²) in [4.78, 5) is 18.1. The van der Waals surface area contributed by atoms with Gasteiger partial charge in [0.05, 0.1) is 0 Å². The highest BCUT2D eigenvalue weighted by Gasteiger charge is 2.31. The lowest BCUT2D eigenvalue weighted by Gasteiger charge is -2.35. The van der Waals surface area contributed by atoms with Crippen molar-refractivity contribution >= 4 is 27.9 Å². The molecule has 2 unspecified atom stereocenters. The van der Waals surface area contributed by atoms with Crippen molar-refractivity contribution in [1.29, 1.82) is 0 Å². The fourth-order valence-electron chi connectivity index (χ4n) is 2.64. The number of aromatic nitrogens is 2. The smallest absolute Gasteiger partial charge is 0.358 e. The van der Waals surface area contributed by atoms with Crippen molar-refractivity contribution in [2.24, 2.45) is 0 Å². The summed E-state index contributed by atoms with van der Waals surface area (Å²) in [5.41, 5.74) is 0. The van der Waals surface area contributed by atoms with Crippen molar-refractivity contribution in [1.82, 2.24) is 14.7 Å². The normalized spacial score (nSPS) is 24.0. The first-order valence-electron chi connectivity index (χ1n) is 6.17. The third-order valence-corrected chi connectivity index (χ3v) is 4.01. The molecule has 1 N–H and O–H groups in total. The number of nitro groups is 1. The summed E-state index contributed by atoms with van der Waals surface area (Å²) < 4.78 is 1.55. The quantitative estimate of drug-likeness (QED) is 0.666. The first kappa shape index (κ1) is 12.4. The Morgan fingerprint density at radius 2 is 2.16 bits per heavy atom. The Labute approximate surface area is 114 Å². The van der Waals surface area contributed by atoms with Crippen LogP contribution in [0.2, 0.25) is 0 Å². The second-order valence-electron chi connectivity index (χ2n) is 4.95. The number of hydrogen-bond acceptors (Lipinski definition) is 6. The monoisotopic (exact) mass is 281 g/mol. The second kappa shape index (κ2) is 4.46. The predicted molar refractivity (Wildman–Crippen MR) is 74.0 cm³/mol. The molecule has 7 nitrogen and oxygen atoms in total. The Hall–Kier alpha value is -1.67. The highest BCUT2D eigenvalue weighted by atomic mass is 32.1. The lowest BCUT2D eigenvalue weighted by Crippen LogP contribution is -2.54. The standard InChI is InChI=1S/C11H15N5O2S/c1-7-5-14(6-8(2)12-7)9-10(16(17)18)15-3-4-19-11(15)13-9/h3-4,7-8,12H,5-6H2,1-2H3. The van der Waals surface area contributed by atoms with Crippen LogP contribution in [0, 0.1) is 10.1 Å². The van der Waals surface area contributed by atoms with Crippen LogP contribution in [-0.2, 0) is 0 Å². The molecule has 0 bridgehead atoms. The number of piperazine rings is 1. The molecule has 1 saturated heterocycles. The minimum atomic E-state index is -0.348. The van der Waals surface area contributed by atoms with Crippen LogP contribution in [0.25, 0.3) is 4.96 Å². The number of nitrogens with zero attached hydrogens (tertiary/aromatic N) is 4. The maximum Gasteiger partial charge on any atom is 0.373 e. The van der Waals surface area contributed by atoms with Crippen molar-refractivity contribution < 1.29 is 4.92 Å². The number of fused-ring (bicyclic) bond motifs is 1. The van der Waals surface area contributed by atoms with E-state index in [0.29, 0.717) is 22.9 Å². The molecule has 0 saturated carbocycles. The highest BCUT2D eigenvalue weighted by molar-refractivity contribution is 7.15. The minimum absolute atomic E-state index is 0.0672. The van der Waals surface area contributed by atoms with Crippen LogP contribution in [0.4, 0.5) is 11.6 Å². The van der Waals surface area contributed by atoms with Gasteiger partial charge < -0.3 is 20.3 Å². The number of nitrogens with one attached hydrogen (secondary N) is 1. The van der Waals surface area contributed by atoms with E-state index in [0.717, 1.165) is 13.1 Å². The fraction of sp³-hybridized carbons (Fsp3) is 0.545. The lowest BCUT2D eigenvalue weighted by molar-refractivity contribution is -0.389. The predicted octanol–water partition coefficient (Wildman–Crippen LogP) is 1.49. The SMILES string of the molecule is CC1CN(c2nc3sccn3c2[N+](=O)[O-])CC(C)N1. The largest absolute Gasteiger partial charge is 0.373 e. The van der Waals surface area contributed by atoms with Crippen molar-refractivity contribution in [3.05, 3.63) is 21.7 Å². The van der Waals surface area contributed by atoms with Crippen LogP contribution in [-0.4, -0.2) is 39.5 Å². The van der Waals surface area contributed by atoms with Crippen molar-refractivity contribution in [2.45, 2.75) is 25.9 Å². The fourth-order valence-corrected chi connectivity index (χ4v) is 3.35. The third-order valence-electron chi connectivity index (χ3n) is 3.25. The van der Waals surface area contributed by atoms with Crippen molar-refractivity contribution in [3.63, 3.8) is 0 Å². The zero-order valence-corrected chi connectivity index (χ0v) is 11.6. The van der Waals surface area contributed by atoms with Crippen molar-refractivity contribution in [3.8, 4) is 0 Å². The summed E-state index contributed by atoms with van der Waals surface area (Å²) in [6.45, 7) is 5.62. The van der Waals surface area contributed by atoms with E-state index in [1.54, 1.807) is 10.6 Å². The molecule has 1 aliphatic rings. The van der Waals surface area contributed by atoms with E-state index in [4.69, 9.17) is 0 Å². The molecule has 19 heavy (non-hydrogen) atoms. The zero-order valence-electron chi connectivity index (χ0n) is 10.7. The van der Waals surface area contributed by atoms with Gasteiger partial charge >= 0.3 is 5.82 Å². The number of anilines is 1. The summed E-state index contributed by atoms with van der Waals surface area (Å²) >= 11 is 1.41. The molecule has 0 amide bonds. The number of rotatable bonds is 2. The Bertz CT molecular complexity index is 612. The van der Waals surface area contributed by atoms with Gasteiger partial charge in [-0.15, -0.1) is 0 Å². The Morgan fingerprint density at radius 3 is 2.79 bits per heavy atom. The maximum atomic E-state index is 11.3. The van der Waals surface area contributed by atoms with Gasteiger partial charge in [0.25, 0.3) is 4.96 Å². The van der Waals surface area contributed by atoms with Crippen LogP contribution >= 0.6 is 11.3 Å². The molecule has 0 aromatic carbocycles. The van der Waals surface area contributed by atoms with Gasteiger partial charge in [0, 0.05) is 30.6 Å². The van der Waals surface area contributed by atoms with Gasteiger partial charge in [-0.3, -0.25) is 0 Å². The van der Waals surface area contributed by atoms with Gasteiger partial charge in [0.15, 0.2) is 0 Å². The molecular weight excluding hydrogens is 266 g/mol. The first-order chi connectivity index (χ1) is 9.06. The van der Waals surface area contributed by atoms with E-state index < -0.39 is 0 Å². The molecule has 0 spiro atoms. The molecule has 2 aromatic heterocycles. The Morgan fingerprint density at radius 1 is 1.47 bits per heavy atom. The summed E-state index contributed by atoms with van der Waals surface area (Å²) in [7, 11) is 0. The van der Waals surface area contributed by atoms with Gasteiger partial charge in [0.2, 0.25) is 5.82 Å². The van der Waals surface area contributed by atoms with Crippen LogP contribution in [0.5, 0.6) is 0 Å². The summed E-state index contributed by atoms with van der Waals surface area (Å²) in [6, 6.07) is 0.589. The van der Waals surface area contributed by atoms with Gasteiger partial charge in [-0.05, 0) is 18.8 Å². The van der Waals surface area contributed by atoms with Crippen molar-refractivity contribution in [2.75, 3.05) is 18.0 Å². The molecule has 1 fully saturated rings. The van der Waals surface area contributed by atoms with Gasteiger partial charge in [-0.1, -0.05) is 11.3 Å². The van der Waals surface area contributed by atoms with E-state index in [1.165, 1.54) is 11.3 Å². The first-order valence-corrected chi connectivity index (χ1v) is 7.05. The maximum absolute atomic E-state index is 11.3. The molecule has 0 radical (unpaired) electrons. The topological polar surface area (TPSA) is 75.7 Å². The molecule has 3 rings (SSSR count).